The van der Waals surface area contributed by atoms with Crippen LogP contribution in [0.4, 0.5) is 0 Å². The van der Waals surface area contributed by atoms with Crippen molar-refractivity contribution >= 4 is 11.5 Å². The van der Waals surface area contributed by atoms with Crippen LogP contribution in [0.2, 0.25) is 0 Å². The molecule has 1 aliphatic rings. The zero-order chi connectivity index (χ0) is 16.4. The van der Waals surface area contributed by atoms with E-state index in [1.807, 2.05) is 18.2 Å². The average molecular weight is 302 g/mol. The van der Waals surface area contributed by atoms with Crippen LogP contribution >= 0.6 is 0 Å². The molecule has 1 N–H and O–H groups in total. The molecule has 0 saturated heterocycles. The Morgan fingerprint density at radius 2 is 2.00 bits per heavy atom. The third kappa shape index (κ3) is 3.17. The summed E-state index contributed by atoms with van der Waals surface area (Å²) in [5, 5.41) is 12.4. The van der Waals surface area contributed by atoms with E-state index in [4.69, 9.17) is 5.26 Å². The van der Waals surface area contributed by atoms with Gasteiger partial charge in [0.05, 0.1) is 11.6 Å². The molecule has 2 aromatic carbocycles. The minimum atomic E-state index is -0.102. The van der Waals surface area contributed by atoms with Gasteiger partial charge in [0.1, 0.15) is 0 Å². The average Bonchev–Trinajstić information content (AvgIpc) is 2.53. The Labute approximate surface area is 136 Å². The van der Waals surface area contributed by atoms with E-state index in [0.29, 0.717) is 11.1 Å². The molecule has 0 bridgehead atoms. The maximum Gasteiger partial charge on any atom is 0.187 e. The molecule has 0 aliphatic carbocycles. The molecule has 2 aromatic rings. The highest BCUT2D eigenvalue weighted by Crippen LogP contribution is 2.29. The molecule has 1 heterocycles. The largest absolute Gasteiger partial charge is 0.379 e. The number of nitrogens with one attached hydrogen (secondary N) is 1. The van der Waals surface area contributed by atoms with Crippen molar-refractivity contribution in [2.45, 2.75) is 25.8 Å². The molecule has 0 aromatic heterocycles. The number of hydrogen-bond donors (Lipinski definition) is 1. The van der Waals surface area contributed by atoms with Gasteiger partial charge in [-0.1, -0.05) is 36.4 Å². The highest BCUT2D eigenvalue weighted by molar-refractivity contribution is 6.08. The summed E-state index contributed by atoms with van der Waals surface area (Å²) >= 11 is 0. The second-order valence-corrected chi connectivity index (χ2v) is 6.46. The first-order chi connectivity index (χ1) is 11.0. The third-order valence-electron chi connectivity index (χ3n) is 3.96. The molecule has 0 saturated carbocycles. The van der Waals surface area contributed by atoms with Crippen LogP contribution < -0.4 is 5.32 Å². The summed E-state index contributed by atoms with van der Waals surface area (Å²) in [7, 11) is 0. The first-order valence-electron chi connectivity index (χ1n) is 7.61. The molecule has 1 aliphatic heterocycles. The summed E-state index contributed by atoms with van der Waals surface area (Å²) in [6.07, 6.45) is 2.55. The van der Waals surface area contributed by atoms with Crippen LogP contribution in [0, 0.1) is 11.3 Å². The molecule has 0 spiro atoms. The minimum Gasteiger partial charge on any atom is -0.379 e. The predicted molar refractivity (Wildman–Crippen MR) is 90.8 cm³/mol. The van der Waals surface area contributed by atoms with Crippen LogP contribution in [0.1, 0.15) is 40.9 Å². The number of hydrogen-bond acceptors (Lipinski definition) is 3. The van der Waals surface area contributed by atoms with Crippen LogP contribution in [-0.4, -0.2) is 11.3 Å². The van der Waals surface area contributed by atoms with Gasteiger partial charge >= 0.3 is 0 Å². The summed E-state index contributed by atoms with van der Waals surface area (Å²) in [4.78, 5) is 12.6. The number of carbonyl (C=O) groups is 1. The Morgan fingerprint density at radius 3 is 2.78 bits per heavy atom. The monoisotopic (exact) mass is 302 g/mol. The number of nitrogens with zero attached hydrogens (tertiary/aromatic N) is 1. The van der Waals surface area contributed by atoms with Gasteiger partial charge in [-0.25, -0.2) is 0 Å². The first kappa shape index (κ1) is 15.1. The van der Waals surface area contributed by atoms with Crippen molar-refractivity contribution in [2.75, 3.05) is 0 Å². The van der Waals surface area contributed by atoms with Gasteiger partial charge < -0.3 is 5.32 Å². The maximum absolute atomic E-state index is 12.6. The van der Waals surface area contributed by atoms with E-state index in [9.17, 15) is 4.79 Å². The Hall–Kier alpha value is -2.86. The number of fused-ring (bicyclic) bond motifs is 1. The lowest BCUT2D eigenvalue weighted by Gasteiger charge is -2.35. The van der Waals surface area contributed by atoms with Crippen molar-refractivity contribution in [1.29, 1.82) is 5.26 Å². The van der Waals surface area contributed by atoms with Gasteiger partial charge in [0.25, 0.3) is 0 Å². The van der Waals surface area contributed by atoms with Gasteiger partial charge in [-0.15, -0.1) is 0 Å². The van der Waals surface area contributed by atoms with E-state index in [2.05, 4.69) is 31.3 Å². The summed E-state index contributed by atoms with van der Waals surface area (Å²) < 4.78 is 0. The molecule has 3 rings (SSSR count). The van der Waals surface area contributed by atoms with Crippen LogP contribution in [0.5, 0.6) is 0 Å². The van der Waals surface area contributed by atoms with E-state index >= 15 is 0 Å². The molecule has 23 heavy (non-hydrogen) atoms. The number of allylic oxidation sites excluding steroid dienone is 1. The summed E-state index contributed by atoms with van der Waals surface area (Å²) in [6, 6.07) is 17.0. The molecule has 0 radical (unpaired) electrons. The topological polar surface area (TPSA) is 52.9 Å². The second-order valence-electron chi connectivity index (χ2n) is 6.46. The predicted octanol–water partition coefficient (Wildman–Crippen LogP) is 3.71. The minimum absolute atomic E-state index is 0.0999. The van der Waals surface area contributed by atoms with Crippen LogP contribution in [-0.2, 0) is 6.42 Å². The van der Waals surface area contributed by atoms with E-state index in [1.165, 1.54) is 5.56 Å². The van der Waals surface area contributed by atoms with Gasteiger partial charge in [0, 0.05) is 28.4 Å². The fourth-order valence-electron chi connectivity index (χ4n) is 2.96. The molecule has 114 valence electrons. The Bertz CT molecular complexity index is 841. The van der Waals surface area contributed by atoms with E-state index in [0.717, 1.165) is 17.7 Å². The van der Waals surface area contributed by atoms with Gasteiger partial charge in [-0.3, -0.25) is 4.79 Å². The van der Waals surface area contributed by atoms with E-state index in [1.54, 1.807) is 30.3 Å². The first-order valence-corrected chi connectivity index (χ1v) is 7.61. The van der Waals surface area contributed by atoms with Gasteiger partial charge in [0.15, 0.2) is 5.78 Å². The number of carbonyl (C=O) groups excluding carboxylic acids is 1. The van der Waals surface area contributed by atoms with Crippen molar-refractivity contribution in [3.63, 3.8) is 0 Å². The standard InChI is InChI=1S/C20H18N2O/c1-20(2)12-16-7-3-4-9-17(16)18(22-20)11-19(23)15-8-5-6-14(10-15)13-21/h3-11,22H,12H2,1-2H3. The lowest BCUT2D eigenvalue weighted by molar-refractivity contribution is 0.104. The normalized spacial score (nSPS) is 17.0. The lowest BCUT2D eigenvalue weighted by atomic mass is 9.85. The second kappa shape index (κ2) is 5.73. The Balaban J connectivity index is 2.01. The number of benzene rings is 2. The maximum atomic E-state index is 12.6. The summed E-state index contributed by atoms with van der Waals surface area (Å²) in [5.41, 5.74) is 4.06. The highest BCUT2D eigenvalue weighted by Gasteiger charge is 2.27. The van der Waals surface area contributed by atoms with Crippen molar-refractivity contribution in [1.82, 2.24) is 5.32 Å². The molecular formula is C20H18N2O. The van der Waals surface area contributed by atoms with Crippen molar-refractivity contribution in [2.24, 2.45) is 0 Å². The van der Waals surface area contributed by atoms with Gasteiger partial charge in [-0.05, 0) is 38.0 Å². The quantitative estimate of drug-likeness (QED) is 0.679. The summed E-state index contributed by atoms with van der Waals surface area (Å²) in [5.74, 6) is -0.0999. The number of ketones is 1. The van der Waals surface area contributed by atoms with E-state index < -0.39 is 0 Å². The Kier molecular flexibility index (Phi) is 3.75. The van der Waals surface area contributed by atoms with Gasteiger partial charge in [-0.2, -0.15) is 5.26 Å². The highest BCUT2D eigenvalue weighted by atomic mass is 16.1. The lowest BCUT2D eigenvalue weighted by Crippen LogP contribution is -2.43. The zero-order valence-electron chi connectivity index (χ0n) is 13.3. The van der Waals surface area contributed by atoms with Gasteiger partial charge in [0.2, 0.25) is 0 Å². The molecule has 0 fully saturated rings. The number of nitriles is 1. The fourth-order valence-corrected chi connectivity index (χ4v) is 2.96. The molecule has 0 atom stereocenters. The molecular weight excluding hydrogens is 284 g/mol. The van der Waals surface area contributed by atoms with Crippen LogP contribution in [0.25, 0.3) is 5.70 Å². The van der Waals surface area contributed by atoms with Crippen LogP contribution in [0.3, 0.4) is 0 Å². The van der Waals surface area contributed by atoms with E-state index in [-0.39, 0.29) is 11.3 Å². The zero-order valence-corrected chi connectivity index (χ0v) is 13.3. The summed E-state index contributed by atoms with van der Waals surface area (Å²) in [6.45, 7) is 4.25. The fraction of sp³-hybridized carbons (Fsp3) is 0.200. The van der Waals surface area contributed by atoms with Crippen LogP contribution in [0.15, 0.2) is 54.6 Å². The third-order valence-corrected chi connectivity index (χ3v) is 3.96. The van der Waals surface area contributed by atoms with Crippen molar-refractivity contribution < 1.29 is 4.79 Å². The number of rotatable bonds is 2. The molecule has 3 heteroatoms. The van der Waals surface area contributed by atoms with Crippen molar-refractivity contribution in [3.05, 3.63) is 76.9 Å². The molecule has 3 nitrogen and oxygen atoms in total. The SMILES string of the molecule is CC1(C)Cc2ccccc2C(=CC(=O)c2cccc(C#N)c2)N1. The Morgan fingerprint density at radius 1 is 1.22 bits per heavy atom. The smallest absolute Gasteiger partial charge is 0.187 e. The molecule has 0 unspecified atom stereocenters. The van der Waals surface area contributed by atoms with Crippen molar-refractivity contribution in [3.8, 4) is 6.07 Å². The molecule has 0 amide bonds.